The second-order valence-electron chi connectivity index (χ2n) is 4.37. The second-order valence-corrected chi connectivity index (χ2v) is 4.37. The summed E-state index contributed by atoms with van der Waals surface area (Å²) in [6, 6.07) is 0. The summed E-state index contributed by atoms with van der Waals surface area (Å²) in [4.78, 5) is 11.3. The van der Waals surface area contributed by atoms with Crippen LogP contribution in [0.3, 0.4) is 0 Å². The Balaban J connectivity index is 2.18. The van der Waals surface area contributed by atoms with Gasteiger partial charge in [0.1, 0.15) is 0 Å². The van der Waals surface area contributed by atoms with E-state index in [4.69, 9.17) is 0 Å². The number of hydrogen-bond donors (Lipinski definition) is 1. The molecule has 2 aliphatic rings. The topological polar surface area (TPSA) is 37.3 Å². The van der Waals surface area contributed by atoms with Crippen LogP contribution in [0.2, 0.25) is 0 Å². The van der Waals surface area contributed by atoms with Crippen LogP contribution in [0.1, 0.15) is 38.5 Å². The number of aliphatic hydroxyl groups excluding tert-OH is 1. The number of ketones is 1. The molecule has 0 amide bonds. The fraction of sp³-hybridized carbons (Fsp3) is 0.727. The van der Waals surface area contributed by atoms with Gasteiger partial charge in [-0.2, -0.15) is 0 Å². The molecular formula is C11H16O2. The normalized spacial score (nSPS) is 39.8. The van der Waals surface area contributed by atoms with Gasteiger partial charge in [-0.1, -0.05) is 18.9 Å². The van der Waals surface area contributed by atoms with Gasteiger partial charge in [0.15, 0.2) is 5.78 Å². The van der Waals surface area contributed by atoms with E-state index in [1.165, 1.54) is 0 Å². The minimum absolute atomic E-state index is 0.0932. The van der Waals surface area contributed by atoms with Crippen LogP contribution < -0.4 is 0 Å². The number of hydrogen-bond acceptors (Lipinski definition) is 2. The van der Waals surface area contributed by atoms with Crippen LogP contribution in [0.4, 0.5) is 0 Å². The summed E-state index contributed by atoms with van der Waals surface area (Å²) in [5.41, 5.74) is -0.0932. The number of aliphatic hydroxyl groups is 1. The summed E-state index contributed by atoms with van der Waals surface area (Å²) in [6.45, 7) is 0. The molecule has 0 bridgehead atoms. The highest BCUT2D eigenvalue weighted by molar-refractivity contribution is 5.91. The smallest absolute Gasteiger partial charge is 0.156 e. The van der Waals surface area contributed by atoms with Crippen molar-refractivity contribution >= 4 is 5.78 Å². The number of carbonyl (C=O) groups is 1. The third kappa shape index (κ3) is 1.55. The quantitative estimate of drug-likeness (QED) is 0.617. The van der Waals surface area contributed by atoms with E-state index in [1.807, 2.05) is 6.08 Å². The van der Waals surface area contributed by atoms with Gasteiger partial charge in [0.25, 0.3) is 0 Å². The molecule has 2 aliphatic carbocycles. The maximum atomic E-state index is 11.3. The molecule has 2 atom stereocenters. The molecule has 1 fully saturated rings. The van der Waals surface area contributed by atoms with E-state index in [0.29, 0.717) is 6.42 Å². The molecular weight excluding hydrogens is 164 g/mol. The van der Waals surface area contributed by atoms with Gasteiger partial charge in [0.2, 0.25) is 0 Å². The van der Waals surface area contributed by atoms with Crippen molar-refractivity contribution in [3.63, 3.8) is 0 Å². The summed E-state index contributed by atoms with van der Waals surface area (Å²) in [5, 5.41) is 9.92. The molecule has 13 heavy (non-hydrogen) atoms. The summed E-state index contributed by atoms with van der Waals surface area (Å²) >= 11 is 0. The SMILES string of the molecule is O=C1C=CCC2(CCCCC2O)C1. The predicted octanol–water partition coefficient (Wildman–Crippen LogP) is 1.83. The van der Waals surface area contributed by atoms with Gasteiger partial charge in [-0.3, -0.25) is 4.79 Å². The van der Waals surface area contributed by atoms with Crippen molar-refractivity contribution < 1.29 is 9.90 Å². The van der Waals surface area contributed by atoms with Crippen LogP contribution in [0.25, 0.3) is 0 Å². The van der Waals surface area contributed by atoms with E-state index in [0.717, 1.165) is 32.1 Å². The summed E-state index contributed by atoms with van der Waals surface area (Å²) in [6.07, 6.45) is 8.96. The van der Waals surface area contributed by atoms with Gasteiger partial charge in [0.05, 0.1) is 6.10 Å². The maximum absolute atomic E-state index is 11.3. The first-order valence-electron chi connectivity index (χ1n) is 5.10. The molecule has 1 N–H and O–H groups in total. The molecule has 0 aliphatic heterocycles. The van der Waals surface area contributed by atoms with Gasteiger partial charge >= 0.3 is 0 Å². The average Bonchev–Trinajstić information content (AvgIpc) is 2.11. The highest BCUT2D eigenvalue weighted by Crippen LogP contribution is 2.44. The van der Waals surface area contributed by atoms with Crippen molar-refractivity contribution in [2.24, 2.45) is 5.41 Å². The Morgan fingerprint density at radius 3 is 3.00 bits per heavy atom. The number of rotatable bonds is 0. The van der Waals surface area contributed by atoms with E-state index >= 15 is 0 Å². The van der Waals surface area contributed by atoms with E-state index in [-0.39, 0.29) is 17.3 Å². The van der Waals surface area contributed by atoms with Crippen LogP contribution in [-0.4, -0.2) is 17.0 Å². The Hall–Kier alpha value is -0.630. The second kappa shape index (κ2) is 3.26. The lowest BCUT2D eigenvalue weighted by Gasteiger charge is -2.41. The van der Waals surface area contributed by atoms with E-state index in [2.05, 4.69) is 0 Å². The van der Waals surface area contributed by atoms with Gasteiger partial charge in [-0.15, -0.1) is 0 Å². The van der Waals surface area contributed by atoms with Gasteiger partial charge in [-0.25, -0.2) is 0 Å². The fourth-order valence-electron chi connectivity index (χ4n) is 2.64. The Labute approximate surface area is 78.6 Å². The average molecular weight is 180 g/mol. The molecule has 0 aromatic carbocycles. The molecule has 0 aromatic rings. The zero-order chi connectivity index (χ0) is 9.31. The summed E-state index contributed by atoms with van der Waals surface area (Å²) < 4.78 is 0. The van der Waals surface area contributed by atoms with Crippen molar-refractivity contribution in [3.05, 3.63) is 12.2 Å². The molecule has 2 nitrogen and oxygen atoms in total. The Bertz CT molecular complexity index is 244. The van der Waals surface area contributed by atoms with Crippen molar-refractivity contribution in [2.45, 2.75) is 44.6 Å². The number of allylic oxidation sites excluding steroid dienone is 2. The molecule has 0 aromatic heterocycles. The first kappa shape index (κ1) is 8.95. The van der Waals surface area contributed by atoms with Crippen LogP contribution >= 0.6 is 0 Å². The van der Waals surface area contributed by atoms with Crippen molar-refractivity contribution in [1.82, 2.24) is 0 Å². The Kier molecular flexibility index (Phi) is 2.24. The lowest BCUT2D eigenvalue weighted by atomic mass is 9.65. The zero-order valence-electron chi connectivity index (χ0n) is 7.83. The predicted molar refractivity (Wildman–Crippen MR) is 50.3 cm³/mol. The minimum atomic E-state index is -0.254. The molecule has 1 spiro atoms. The molecule has 2 rings (SSSR count). The van der Waals surface area contributed by atoms with Gasteiger partial charge < -0.3 is 5.11 Å². The van der Waals surface area contributed by atoms with E-state index in [1.54, 1.807) is 6.08 Å². The minimum Gasteiger partial charge on any atom is -0.393 e. The summed E-state index contributed by atoms with van der Waals surface area (Å²) in [5.74, 6) is 0.187. The van der Waals surface area contributed by atoms with Gasteiger partial charge in [-0.05, 0) is 25.3 Å². The first-order chi connectivity index (χ1) is 6.23. The molecule has 2 unspecified atom stereocenters. The monoisotopic (exact) mass is 180 g/mol. The third-order valence-corrected chi connectivity index (χ3v) is 3.46. The van der Waals surface area contributed by atoms with Crippen molar-refractivity contribution in [1.29, 1.82) is 0 Å². The van der Waals surface area contributed by atoms with Gasteiger partial charge in [0, 0.05) is 11.8 Å². The van der Waals surface area contributed by atoms with Crippen molar-refractivity contribution in [3.8, 4) is 0 Å². The Morgan fingerprint density at radius 1 is 1.46 bits per heavy atom. The first-order valence-corrected chi connectivity index (χ1v) is 5.10. The molecule has 0 radical (unpaired) electrons. The summed E-state index contributed by atoms with van der Waals surface area (Å²) in [7, 11) is 0. The molecule has 2 heteroatoms. The standard InChI is InChI=1S/C11H16O2/c12-9-4-3-7-11(8-9)6-2-1-5-10(11)13/h3-4,10,13H,1-2,5-8H2. The van der Waals surface area contributed by atoms with Crippen LogP contribution in [0.15, 0.2) is 12.2 Å². The van der Waals surface area contributed by atoms with E-state index < -0.39 is 0 Å². The fourth-order valence-corrected chi connectivity index (χ4v) is 2.64. The van der Waals surface area contributed by atoms with Crippen LogP contribution in [0, 0.1) is 5.41 Å². The third-order valence-electron chi connectivity index (χ3n) is 3.46. The number of carbonyl (C=O) groups excluding carboxylic acids is 1. The van der Waals surface area contributed by atoms with Crippen LogP contribution in [0.5, 0.6) is 0 Å². The molecule has 0 saturated heterocycles. The lowest BCUT2D eigenvalue weighted by Crippen LogP contribution is -2.40. The molecule has 1 saturated carbocycles. The Morgan fingerprint density at radius 2 is 2.31 bits per heavy atom. The highest BCUT2D eigenvalue weighted by Gasteiger charge is 2.41. The molecule has 72 valence electrons. The maximum Gasteiger partial charge on any atom is 0.156 e. The van der Waals surface area contributed by atoms with Crippen molar-refractivity contribution in [2.75, 3.05) is 0 Å². The lowest BCUT2D eigenvalue weighted by molar-refractivity contribution is -0.121. The highest BCUT2D eigenvalue weighted by atomic mass is 16.3. The van der Waals surface area contributed by atoms with Crippen LogP contribution in [-0.2, 0) is 4.79 Å². The zero-order valence-corrected chi connectivity index (χ0v) is 7.83. The largest absolute Gasteiger partial charge is 0.393 e. The van der Waals surface area contributed by atoms with E-state index in [9.17, 15) is 9.90 Å². The molecule has 0 heterocycles.